The van der Waals surface area contributed by atoms with Gasteiger partial charge < -0.3 is 5.32 Å². The molecule has 0 fully saturated rings. The van der Waals surface area contributed by atoms with E-state index in [2.05, 4.69) is 5.32 Å². The number of amides is 1. The zero-order valence-corrected chi connectivity index (χ0v) is 13.0. The van der Waals surface area contributed by atoms with E-state index >= 15 is 0 Å². The second kappa shape index (κ2) is 6.46. The van der Waals surface area contributed by atoms with Crippen molar-refractivity contribution >= 4 is 40.6 Å². The summed E-state index contributed by atoms with van der Waals surface area (Å²) in [6.45, 7) is 1.97. The molecule has 1 aromatic carbocycles. The van der Waals surface area contributed by atoms with Crippen molar-refractivity contribution in [1.82, 2.24) is 5.32 Å². The van der Waals surface area contributed by atoms with Crippen LogP contribution in [-0.2, 0) is 0 Å². The van der Waals surface area contributed by atoms with E-state index < -0.39 is 0 Å². The number of thiophene rings is 1. The van der Waals surface area contributed by atoms with Crippen LogP contribution in [0, 0.1) is 0 Å². The van der Waals surface area contributed by atoms with E-state index in [4.69, 9.17) is 11.6 Å². The molecule has 5 heteroatoms. The highest BCUT2D eigenvalue weighted by Crippen LogP contribution is 2.24. The standard InChI is InChI=1S/C14H14ClNOS2/c1-9(13-4-3-7-19-13)16-14(17)11-8-10(18-2)5-6-12(11)15/h3-9H,1-2H3,(H,16,17). The summed E-state index contributed by atoms with van der Waals surface area (Å²) in [5.74, 6) is -0.137. The predicted molar refractivity (Wildman–Crippen MR) is 83.4 cm³/mol. The summed E-state index contributed by atoms with van der Waals surface area (Å²) in [5, 5.41) is 5.45. The molecule has 1 atom stereocenters. The lowest BCUT2D eigenvalue weighted by molar-refractivity contribution is 0.0940. The van der Waals surface area contributed by atoms with Gasteiger partial charge in [0.15, 0.2) is 0 Å². The van der Waals surface area contributed by atoms with Gasteiger partial charge in [0.25, 0.3) is 5.91 Å². The van der Waals surface area contributed by atoms with Crippen LogP contribution >= 0.6 is 34.7 Å². The SMILES string of the molecule is CSc1ccc(Cl)c(C(=O)NC(C)c2cccs2)c1. The van der Waals surface area contributed by atoms with Crippen LogP contribution in [0.5, 0.6) is 0 Å². The molecule has 0 saturated carbocycles. The van der Waals surface area contributed by atoms with E-state index in [1.807, 2.05) is 42.8 Å². The number of rotatable bonds is 4. The first-order valence-corrected chi connectivity index (χ1v) is 8.28. The number of nitrogens with one attached hydrogen (secondary N) is 1. The van der Waals surface area contributed by atoms with Gasteiger partial charge in [-0.25, -0.2) is 0 Å². The molecule has 1 N–H and O–H groups in total. The minimum Gasteiger partial charge on any atom is -0.345 e. The topological polar surface area (TPSA) is 29.1 Å². The summed E-state index contributed by atoms with van der Waals surface area (Å²) in [6.07, 6.45) is 1.97. The number of hydrogen-bond acceptors (Lipinski definition) is 3. The molecule has 0 aliphatic heterocycles. The van der Waals surface area contributed by atoms with Gasteiger partial charge in [-0.1, -0.05) is 17.7 Å². The van der Waals surface area contributed by atoms with Gasteiger partial charge in [-0.15, -0.1) is 23.1 Å². The Labute approximate surface area is 126 Å². The van der Waals surface area contributed by atoms with Gasteiger partial charge in [0.1, 0.15) is 0 Å². The number of benzene rings is 1. The number of carbonyl (C=O) groups is 1. The smallest absolute Gasteiger partial charge is 0.253 e. The third-order valence-electron chi connectivity index (χ3n) is 2.74. The summed E-state index contributed by atoms with van der Waals surface area (Å²) in [6, 6.07) is 9.47. The van der Waals surface area contributed by atoms with Crippen molar-refractivity contribution in [2.45, 2.75) is 17.9 Å². The van der Waals surface area contributed by atoms with Crippen molar-refractivity contribution < 1.29 is 4.79 Å². The Morgan fingerprint density at radius 1 is 1.42 bits per heavy atom. The first-order chi connectivity index (χ1) is 9.11. The molecule has 2 rings (SSSR count). The highest BCUT2D eigenvalue weighted by molar-refractivity contribution is 7.98. The lowest BCUT2D eigenvalue weighted by Crippen LogP contribution is -2.26. The van der Waals surface area contributed by atoms with Crippen molar-refractivity contribution in [1.29, 1.82) is 0 Å². The lowest BCUT2D eigenvalue weighted by atomic mass is 10.2. The molecule has 0 radical (unpaired) electrons. The zero-order chi connectivity index (χ0) is 13.8. The number of hydrogen-bond donors (Lipinski definition) is 1. The summed E-state index contributed by atoms with van der Waals surface area (Å²) in [7, 11) is 0. The fourth-order valence-corrected chi connectivity index (χ4v) is 3.07. The van der Waals surface area contributed by atoms with E-state index in [1.165, 1.54) is 0 Å². The Morgan fingerprint density at radius 2 is 2.21 bits per heavy atom. The maximum absolute atomic E-state index is 12.2. The number of halogens is 1. The first-order valence-electron chi connectivity index (χ1n) is 5.79. The number of thioether (sulfide) groups is 1. The molecule has 0 aliphatic carbocycles. The van der Waals surface area contributed by atoms with Gasteiger partial charge in [-0.05, 0) is 42.8 Å². The van der Waals surface area contributed by atoms with E-state index in [-0.39, 0.29) is 11.9 Å². The molecule has 1 amide bonds. The summed E-state index contributed by atoms with van der Waals surface area (Å²) in [4.78, 5) is 14.4. The molecular formula is C14H14ClNOS2. The van der Waals surface area contributed by atoms with E-state index in [0.717, 1.165) is 9.77 Å². The third-order valence-corrected chi connectivity index (χ3v) is 4.85. The lowest BCUT2D eigenvalue weighted by Gasteiger charge is -2.13. The second-order valence-corrected chi connectivity index (χ2v) is 6.32. The van der Waals surface area contributed by atoms with Crippen LogP contribution in [0.2, 0.25) is 5.02 Å². The molecule has 0 bridgehead atoms. The molecule has 1 unspecified atom stereocenters. The Kier molecular flexibility index (Phi) is 4.91. The van der Waals surface area contributed by atoms with Crippen LogP contribution in [-0.4, -0.2) is 12.2 Å². The van der Waals surface area contributed by atoms with Gasteiger partial charge >= 0.3 is 0 Å². The maximum atomic E-state index is 12.2. The average molecular weight is 312 g/mol. The number of carbonyl (C=O) groups excluding carboxylic acids is 1. The summed E-state index contributed by atoms with van der Waals surface area (Å²) in [5.41, 5.74) is 0.525. The predicted octanol–water partition coefficient (Wildman–Crippen LogP) is 4.61. The summed E-state index contributed by atoms with van der Waals surface area (Å²) < 4.78 is 0. The molecule has 0 saturated heterocycles. The van der Waals surface area contributed by atoms with Crippen LogP contribution < -0.4 is 5.32 Å². The van der Waals surface area contributed by atoms with Gasteiger partial charge in [0.05, 0.1) is 16.6 Å². The monoisotopic (exact) mass is 311 g/mol. The zero-order valence-electron chi connectivity index (χ0n) is 10.6. The third kappa shape index (κ3) is 3.53. The van der Waals surface area contributed by atoms with E-state index in [1.54, 1.807) is 29.2 Å². The van der Waals surface area contributed by atoms with Crippen molar-refractivity contribution in [3.05, 3.63) is 51.2 Å². The normalized spacial score (nSPS) is 12.2. The molecule has 2 aromatic rings. The van der Waals surface area contributed by atoms with Crippen molar-refractivity contribution in [2.75, 3.05) is 6.26 Å². The molecule has 0 aliphatic rings. The fourth-order valence-electron chi connectivity index (χ4n) is 1.69. The van der Waals surface area contributed by atoms with Gasteiger partial charge in [-0.3, -0.25) is 4.79 Å². The van der Waals surface area contributed by atoms with Crippen molar-refractivity contribution in [3.8, 4) is 0 Å². The van der Waals surface area contributed by atoms with Crippen molar-refractivity contribution in [2.24, 2.45) is 0 Å². The highest BCUT2D eigenvalue weighted by atomic mass is 35.5. The van der Waals surface area contributed by atoms with E-state index in [0.29, 0.717) is 10.6 Å². The molecule has 1 aromatic heterocycles. The van der Waals surface area contributed by atoms with Gasteiger partial charge in [0.2, 0.25) is 0 Å². The molecule has 100 valence electrons. The first kappa shape index (κ1) is 14.4. The average Bonchev–Trinajstić information content (AvgIpc) is 2.93. The second-order valence-electron chi connectivity index (χ2n) is 4.06. The Hall–Kier alpha value is -0.970. The maximum Gasteiger partial charge on any atom is 0.253 e. The van der Waals surface area contributed by atoms with Crippen molar-refractivity contribution in [3.63, 3.8) is 0 Å². The molecule has 0 spiro atoms. The highest BCUT2D eigenvalue weighted by Gasteiger charge is 2.15. The Morgan fingerprint density at radius 3 is 2.84 bits per heavy atom. The van der Waals surface area contributed by atoms with E-state index in [9.17, 15) is 4.79 Å². The Balaban J connectivity index is 2.16. The van der Waals surface area contributed by atoms with Gasteiger partial charge in [0, 0.05) is 9.77 Å². The van der Waals surface area contributed by atoms with Crippen LogP contribution in [0.1, 0.15) is 28.2 Å². The minimum atomic E-state index is -0.137. The van der Waals surface area contributed by atoms with Crippen LogP contribution in [0.4, 0.5) is 0 Å². The molecule has 1 heterocycles. The quantitative estimate of drug-likeness (QED) is 0.835. The largest absolute Gasteiger partial charge is 0.345 e. The Bertz CT molecular complexity index is 569. The van der Waals surface area contributed by atoms with Crippen LogP contribution in [0.3, 0.4) is 0 Å². The van der Waals surface area contributed by atoms with Gasteiger partial charge in [-0.2, -0.15) is 0 Å². The fraction of sp³-hybridized carbons (Fsp3) is 0.214. The summed E-state index contributed by atoms with van der Waals surface area (Å²) >= 11 is 9.31. The molecule has 2 nitrogen and oxygen atoms in total. The molecular weight excluding hydrogens is 298 g/mol. The molecule has 19 heavy (non-hydrogen) atoms. The van der Waals surface area contributed by atoms with Crippen LogP contribution in [0.15, 0.2) is 40.6 Å². The van der Waals surface area contributed by atoms with Crippen LogP contribution in [0.25, 0.3) is 0 Å². The minimum absolute atomic E-state index is 0.0125.